The Morgan fingerprint density at radius 3 is 2.16 bits per heavy atom. The van der Waals surface area contributed by atoms with Crippen LogP contribution in [0.15, 0.2) is 12.2 Å². The highest BCUT2D eigenvalue weighted by atomic mass is 28.4. The first-order valence-electron chi connectivity index (χ1n) is 18.7. The van der Waals surface area contributed by atoms with Crippen LogP contribution in [0.25, 0.3) is 0 Å². The summed E-state index contributed by atoms with van der Waals surface area (Å²) in [6.07, 6.45) is 14.1. The fourth-order valence-electron chi connectivity index (χ4n) is 12.7. The minimum absolute atomic E-state index is 0.113. The number of hydrogen-bond acceptors (Lipinski definition) is 3. The summed E-state index contributed by atoms with van der Waals surface area (Å²) in [7, 11) is -1.82. The quantitative estimate of drug-likeness (QED) is 0.160. The molecule has 0 aromatic carbocycles. The summed E-state index contributed by atoms with van der Waals surface area (Å²) in [5, 5.41) is 0.246. The molecule has 5 aliphatic carbocycles. The van der Waals surface area contributed by atoms with E-state index in [1.54, 1.807) is 6.92 Å². The molecule has 0 amide bonds. The van der Waals surface area contributed by atoms with Gasteiger partial charge in [-0.25, -0.2) is 0 Å². The summed E-state index contributed by atoms with van der Waals surface area (Å²) in [5.41, 5.74) is 2.86. The molecular formula is C40H70O3Si. The van der Waals surface area contributed by atoms with E-state index in [1.165, 1.54) is 69.8 Å². The molecule has 44 heavy (non-hydrogen) atoms. The number of ether oxygens (including phenoxy) is 1. The fourth-order valence-corrected chi connectivity index (χ4v) is 13.8. The number of hydrogen-bond donors (Lipinski definition) is 0. The van der Waals surface area contributed by atoms with E-state index in [2.05, 4.69) is 82.0 Å². The Labute approximate surface area is 273 Å². The fraction of sp³-hybridized carbons (Fsp3) is 0.925. The number of esters is 1. The molecule has 4 heteroatoms. The molecule has 5 rings (SSSR count). The Bertz CT molecular complexity index is 1120. The SMILES string of the molecule is C=C(CC)[C@@H]1CC[C@]2(COC(C)=O)CC[C@]3(C)C(CCC4[C@@]5(C)CC[C@H](C)[C@@](C)(CO[Si](C)(C)C(C)(C)C)C5CC[C@]43C)C12. The smallest absolute Gasteiger partial charge is 0.302 e. The number of fused-ring (bicyclic) bond motifs is 7. The Morgan fingerprint density at radius 2 is 1.55 bits per heavy atom. The van der Waals surface area contributed by atoms with Gasteiger partial charge < -0.3 is 9.16 Å². The first-order chi connectivity index (χ1) is 20.2. The molecule has 5 saturated carbocycles. The maximum atomic E-state index is 12.1. The second kappa shape index (κ2) is 11.2. The van der Waals surface area contributed by atoms with Crippen LogP contribution in [0.1, 0.15) is 140 Å². The van der Waals surface area contributed by atoms with Crippen molar-refractivity contribution in [2.45, 2.75) is 158 Å². The van der Waals surface area contributed by atoms with Crippen molar-refractivity contribution in [2.75, 3.05) is 13.2 Å². The predicted octanol–water partition coefficient (Wildman–Crippen LogP) is 11.2. The van der Waals surface area contributed by atoms with Crippen LogP contribution in [0.3, 0.4) is 0 Å². The van der Waals surface area contributed by atoms with E-state index in [4.69, 9.17) is 9.16 Å². The zero-order valence-corrected chi connectivity index (χ0v) is 32.1. The van der Waals surface area contributed by atoms with Crippen LogP contribution in [-0.2, 0) is 14.0 Å². The lowest BCUT2D eigenvalue weighted by molar-refractivity contribution is -0.249. The minimum atomic E-state index is -1.82. The van der Waals surface area contributed by atoms with E-state index in [1.807, 2.05) is 0 Å². The lowest BCUT2D eigenvalue weighted by Crippen LogP contribution is -2.67. The van der Waals surface area contributed by atoms with Gasteiger partial charge in [-0.05, 0) is 146 Å². The molecule has 11 atom stereocenters. The lowest BCUT2D eigenvalue weighted by Gasteiger charge is -2.73. The van der Waals surface area contributed by atoms with E-state index in [0.717, 1.165) is 24.9 Å². The largest absolute Gasteiger partial charge is 0.465 e. The van der Waals surface area contributed by atoms with Crippen molar-refractivity contribution in [1.29, 1.82) is 0 Å². The average molecular weight is 627 g/mol. The van der Waals surface area contributed by atoms with Gasteiger partial charge >= 0.3 is 5.97 Å². The van der Waals surface area contributed by atoms with Crippen LogP contribution < -0.4 is 0 Å². The van der Waals surface area contributed by atoms with Gasteiger partial charge in [0.1, 0.15) is 0 Å². The Hall–Kier alpha value is -0.613. The van der Waals surface area contributed by atoms with Crippen molar-refractivity contribution in [3.63, 3.8) is 0 Å². The van der Waals surface area contributed by atoms with E-state index < -0.39 is 8.32 Å². The van der Waals surface area contributed by atoms with Gasteiger partial charge in [0.05, 0.1) is 6.61 Å². The summed E-state index contributed by atoms with van der Waals surface area (Å²) >= 11 is 0. The molecule has 0 aromatic heterocycles. The molecule has 0 aromatic rings. The molecule has 0 radical (unpaired) electrons. The van der Waals surface area contributed by atoms with E-state index in [9.17, 15) is 4.79 Å². The van der Waals surface area contributed by atoms with E-state index in [-0.39, 0.29) is 21.8 Å². The molecule has 0 aliphatic heterocycles. The number of allylic oxidation sites excluding steroid dienone is 1. The molecule has 5 aliphatic rings. The second-order valence-corrected chi connectivity index (χ2v) is 24.3. The number of carbonyl (C=O) groups is 1. The summed E-state index contributed by atoms with van der Waals surface area (Å²) < 4.78 is 13.0. The summed E-state index contributed by atoms with van der Waals surface area (Å²) in [5.74, 6) is 3.97. The summed E-state index contributed by atoms with van der Waals surface area (Å²) in [6.45, 7) is 35.6. The molecule has 0 saturated heterocycles. The average Bonchev–Trinajstić information content (AvgIpc) is 3.32. The zero-order chi connectivity index (χ0) is 32.7. The molecule has 5 fully saturated rings. The highest BCUT2D eigenvalue weighted by molar-refractivity contribution is 6.74. The summed E-state index contributed by atoms with van der Waals surface area (Å²) in [6, 6.07) is 0. The van der Waals surface area contributed by atoms with Crippen molar-refractivity contribution >= 4 is 14.3 Å². The van der Waals surface area contributed by atoms with Crippen LogP contribution in [-0.4, -0.2) is 27.5 Å². The standard InChI is InChI=1S/C40H70O3Si/c1-14-27(2)30-18-22-40(26-42-29(4)41)24-23-38(10)31(34(30)40)15-16-33-36(8)20-17-28(3)37(9,32(36)19-21-39(33,38)11)25-43-44(12,13)35(5,6)7/h28,30-34H,2,14-26H2,1,3-13H3/t28-,30-,31?,32?,33?,34?,36-,37+,38+,39+,40+/m0/s1. The maximum Gasteiger partial charge on any atom is 0.302 e. The third kappa shape index (κ3) is 4.98. The van der Waals surface area contributed by atoms with Crippen molar-refractivity contribution in [3.05, 3.63) is 12.2 Å². The Balaban J connectivity index is 1.48. The van der Waals surface area contributed by atoms with Gasteiger partial charge in [0.25, 0.3) is 0 Å². The maximum absolute atomic E-state index is 12.1. The van der Waals surface area contributed by atoms with E-state index >= 15 is 0 Å². The molecule has 0 heterocycles. The second-order valence-electron chi connectivity index (χ2n) is 19.5. The first kappa shape index (κ1) is 34.7. The van der Waals surface area contributed by atoms with Crippen molar-refractivity contribution in [3.8, 4) is 0 Å². The van der Waals surface area contributed by atoms with Crippen molar-refractivity contribution in [2.24, 2.45) is 62.6 Å². The van der Waals surface area contributed by atoms with Gasteiger partial charge in [-0.1, -0.05) is 74.5 Å². The van der Waals surface area contributed by atoms with Gasteiger partial charge in [-0.3, -0.25) is 4.79 Å². The van der Waals surface area contributed by atoms with Gasteiger partial charge in [0, 0.05) is 18.9 Å². The summed E-state index contributed by atoms with van der Waals surface area (Å²) in [4.78, 5) is 12.1. The number of rotatable bonds is 7. The first-order valence-corrected chi connectivity index (χ1v) is 21.6. The van der Waals surface area contributed by atoms with Crippen LogP contribution in [0.2, 0.25) is 18.1 Å². The normalized spacial score (nSPS) is 47.2. The third-order valence-corrected chi connectivity index (χ3v) is 21.5. The van der Waals surface area contributed by atoms with Crippen molar-refractivity contribution in [1.82, 2.24) is 0 Å². The third-order valence-electron chi connectivity index (χ3n) is 17.0. The van der Waals surface area contributed by atoms with Gasteiger partial charge in [0.2, 0.25) is 0 Å². The molecule has 0 N–H and O–H groups in total. The minimum Gasteiger partial charge on any atom is -0.465 e. The zero-order valence-electron chi connectivity index (χ0n) is 31.1. The number of carbonyl (C=O) groups excluding carboxylic acids is 1. The van der Waals surface area contributed by atoms with Crippen LogP contribution in [0, 0.1) is 62.6 Å². The lowest BCUT2D eigenvalue weighted by atomic mass is 9.32. The monoisotopic (exact) mass is 627 g/mol. The van der Waals surface area contributed by atoms with Crippen LogP contribution in [0.4, 0.5) is 0 Å². The van der Waals surface area contributed by atoms with Gasteiger partial charge in [-0.15, -0.1) is 0 Å². The van der Waals surface area contributed by atoms with Gasteiger partial charge in [0.15, 0.2) is 8.32 Å². The highest BCUT2D eigenvalue weighted by Crippen LogP contribution is 2.78. The van der Waals surface area contributed by atoms with Crippen LogP contribution in [0.5, 0.6) is 0 Å². The van der Waals surface area contributed by atoms with Crippen LogP contribution >= 0.6 is 0 Å². The Kier molecular flexibility index (Phi) is 8.86. The van der Waals surface area contributed by atoms with E-state index in [0.29, 0.717) is 46.5 Å². The molecule has 0 bridgehead atoms. The predicted molar refractivity (Wildman–Crippen MR) is 187 cm³/mol. The molecule has 0 spiro atoms. The molecule has 252 valence electrons. The molecule has 3 nitrogen and oxygen atoms in total. The topological polar surface area (TPSA) is 35.5 Å². The highest BCUT2D eigenvalue weighted by Gasteiger charge is 2.71. The molecular weight excluding hydrogens is 557 g/mol. The van der Waals surface area contributed by atoms with Crippen molar-refractivity contribution < 1.29 is 14.0 Å². The van der Waals surface area contributed by atoms with Gasteiger partial charge in [-0.2, -0.15) is 0 Å². The molecule has 4 unspecified atom stereocenters. The Morgan fingerprint density at radius 1 is 0.864 bits per heavy atom.